The standard InChI is InChI=1S/C32H41N3O4S/c1-7-28(31(37)33-32(4,5)6)34(22-21-26-16-10-8-11-17-26)30(36)23-35(29-20-14-15-24(2)25(29)3)40(38,39)27-18-12-9-13-19-27/h8-20,28H,7,21-23H2,1-6H3,(H,33,37). The Morgan fingerprint density at radius 2 is 1.48 bits per heavy atom. The fourth-order valence-corrected chi connectivity index (χ4v) is 6.08. The van der Waals surface area contributed by atoms with E-state index in [2.05, 4.69) is 5.32 Å². The first-order chi connectivity index (χ1) is 18.8. The number of carbonyl (C=O) groups excluding carboxylic acids is 2. The summed E-state index contributed by atoms with van der Waals surface area (Å²) in [7, 11) is -4.09. The van der Waals surface area contributed by atoms with Crippen molar-refractivity contribution < 1.29 is 18.0 Å². The molecule has 0 bridgehead atoms. The first-order valence-electron chi connectivity index (χ1n) is 13.6. The fourth-order valence-electron chi connectivity index (χ4n) is 4.59. The van der Waals surface area contributed by atoms with Gasteiger partial charge in [-0.25, -0.2) is 8.42 Å². The van der Waals surface area contributed by atoms with Crippen LogP contribution in [-0.2, 0) is 26.0 Å². The number of rotatable bonds is 11. The smallest absolute Gasteiger partial charge is 0.264 e. The van der Waals surface area contributed by atoms with Crippen molar-refractivity contribution in [1.29, 1.82) is 0 Å². The van der Waals surface area contributed by atoms with Crippen LogP contribution in [0.15, 0.2) is 83.8 Å². The minimum absolute atomic E-state index is 0.0945. The highest BCUT2D eigenvalue weighted by Crippen LogP contribution is 2.29. The van der Waals surface area contributed by atoms with Gasteiger partial charge in [-0.15, -0.1) is 0 Å². The van der Waals surface area contributed by atoms with Crippen LogP contribution in [0.2, 0.25) is 0 Å². The molecule has 0 aliphatic rings. The van der Waals surface area contributed by atoms with E-state index >= 15 is 0 Å². The Kier molecular flexibility index (Phi) is 10.1. The van der Waals surface area contributed by atoms with Crippen LogP contribution in [0.5, 0.6) is 0 Å². The molecule has 3 aromatic rings. The lowest BCUT2D eigenvalue weighted by atomic mass is 10.1. The van der Waals surface area contributed by atoms with E-state index in [1.165, 1.54) is 21.3 Å². The molecule has 0 saturated heterocycles. The molecule has 3 aromatic carbocycles. The molecule has 7 nitrogen and oxygen atoms in total. The third kappa shape index (κ3) is 7.72. The van der Waals surface area contributed by atoms with Gasteiger partial charge in [-0.3, -0.25) is 13.9 Å². The van der Waals surface area contributed by atoms with Crippen LogP contribution in [0.1, 0.15) is 50.8 Å². The zero-order valence-electron chi connectivity index (χ0n) is 24.3. The summed E-state index contributed by atoms with van der Waals surface area (Å²) < 4.78 is 29.1. The molecule has 3 rings (SSSR count). The highest BCUT2D eigenvalue weighted by atomic mass is 32.2. The maximum absolute atomic E-state index is 14.1. The molecule has 0 heterocycles. The van der Waals surface area contributed by atoms with Crippen LogP contribution < -0.4 is 9.62 Å². The van der Waals surface area contributed by atoms with Gasteiger partial charge in [0.15, 0.2) is 0 Å². The van der Waals surface area contributed by atoms with Crippen molar-refractivity contribution in [3.8, 4) is 0 Å². The Hall–Kier alpha value is -3.65. The molecule has 0 fully saturated rings. The minimum Gasteiger partial charge on any atom is -0.350 e. The number of hydrogen-bond acceptors (Lipinski definition) is 4. The van der Waals surface area contributed by atoms with E-state index < -0.39 is 34.1 Å². The third-order valence-corrected chi connectivity index (χ3v) is 8.60. The van der Waals surface area contributed by atoms with Crippen LogP contribution in [0.25, 0.3) is 0 Å². The predicted molar refractivity (Wildman–Crippen MR) is 161 cm³/mol. The molecule has 0 spiro atoms. The molecule has 2 amide bonds. The second-order valence-electron chi connectivity index (χ2n) is 11.0. The molecule has 0 aliphatic carbocycles. The molecule has 1 unspecified atom stereocenters. The predicted octanol–water partition coefficient (Wildman–Crippen LogP) is 5.26. The van der Waals surface area contributed by atoms with E-state index in [1.54, 1.807) is 30.3 Å². The van der Waals surface area contributed by atoms with Crippen LogP contribution in [0.4, 0.5) is 5.69 Å². The molecular weight excluding hydrogens is 522 g/mol. The number of amides is 2. The van der Waals surface area contributed by atoms with Crippen molar-refractivity contribution >= 4 is 27.5 Å². The van der Waals surface area contributed by atoms with Gasteiger partial charge in [-0.1, -0.05) is 67.6 Å². The van der Waals surface area contributed by atoms with Gasteiger partial charge in [-0.05, 0) is 82.3 Å². The number of anilines is 1. The fraction of sp³-hybridized carbons (Fsp3) is 0.375. The Labute approximate surface area is 239 Å². The van der Waals surface area contributed by atoms with E-state index in [-0.39, 0.29) is 17.3 Å². The summed E-state index contributed by atoms with van der Waals surface area (Å²) >= 11 is 0. The third-order valence-electron chi connectivity index (χ3n) is 6.82. The van der Waals surface area contributed by atoms with Crippen molar-refractivity contribution in [3.05, 3.63) is 95.6 Å². The summed E-state index contributed by atoms with van der Waals surface area (Å²) in [6, 6.07) is 22.5. The molecule has 0 saturated carbocycles. The number of sulfonamides is 1. The van der Waals surface area contributed by atoms with E-state index in [1.807, 2.05) is 77.9 Å². The molecule has 214 valence electrons. The molecule has 8 heteroatoms. The highest BCUT2D eigenvalue weighted by molar-refractivity contribution is 7.92. The molecule has 1 N–H and O–H groups in total. The SMILES string of the molecule is CCC(C(=O)NC(C)(C)C)N(CCc1ccccc1)C(=O)CN(c1cccc(C)c1C)S(=O)(=O)c1ccccc1. The van der Waals surface area contributed by atoms with Gasteiger partial charge in [0.05, 0.1) is 10.6 Å². The van der Waals surface area contributed by atoms with Crippen molar-refractivity contribution in [2.75, 3.05) is 17.4 Å². The summed E-state index contributed by atoms with van der Waals surface area (Å²) in [5.41, 5.74) is 2.65. The van der Waals surface area contributed by atoms with Gasteiger partial charge in [0.1, 0.15) is 12.6 Å². The van der Waals surface area contributed by atoms with Gasteiger partial charge >= 0.3 is 0 Å². The summed E-state index contributed by atoms with van der Waals surface area (Å²) in [5, 5.41) is 3.00. The normalized spacial score (nSPS) is 12.4. The van der Waals surface area contributed by atoms with E-state index in [0.29, 0.717) is 18.5 Å². The Balaban J connectivity index is 2.05. The molecule has 1 atom stereocenters. The topological polar surface area (TPSA) is 86.8 Å². The lowest BCUT2D eigenvalue weighted by molar-refractivity contribution is -0.140. The van der Waals surface area contributed by atoms with E-state index in [4.69, 9.17) is 0 Å². The van der Waals surface area contributed by atoms with Crippen LogP contribution in [0, 0.1) is 13.8 Å². The second-order valence-corrected chi connectivity index (χ2v) is 12.9. The number of benzene rings is 3. The second kappa shape index (κ2) is 13.1. The van der Waals surface area contributed by atoms with E-state index in [9.17, 15) is 18.0 Å². The van der Waals surface area contributed by atoms with Crippen LogP contribution in [0.3, 0.4) is 0 Å². The van der Waals surface area contributed by atoms with Gasteiger partial charge in [-0.2, -0.15) is 0 Å². The number of carbonyl (C=O) groups is 2. The summed E-state index contributed by atoms with van der Waals surface area (Å²) in [6.45, 7) is 11.1. The first kappa shape index (κ1) is 30.9. The van der Waals surface area contributed by atoms with Crippen molar-refractivity contribution in [1.82, 2.24) is 10.2 Å². The lowest BCUT2D eigenvalue weighted by Gasteiger charge is -2.35. The average molecular weight is 564 g/mol. The number of hydrogen-bond donors (Lipinski definition) is 1. The quantitative estimate of drug-likeness (QED) is 0.345. The maximum atomic E-state index is 14.1. The molecule has 40 heavy (non-hydrogen) atoms. The van der Waals surface area contributed by atoms with Gasteiger partial charge in [0.2, 0.25) is 11.8 Å². The molecular formula is C32H41N3O4S. The molecule has 0 aromatic heterocycles. The number of aryl methyl sites for hydroxylation is 1. The van der Waals surface area contributed by atoms with Crippen molar-refractivity contribution in [2.45, 2.75) is 70.9 Å². The number of nitrogens with zero attached hydrogens (tertiary/aromatic N) is 2. The Morgan fingerprint density at radius 3 is 2.05 bits per heavy atom. The minimum atomic E-state index is -4.09. The zero-order valence-corrected chi connectivity index (χ0v) is 25.2. The van der Waals surface area contributed by atoms with Crippen molar-refractivity contribution in [2.24, 2.45) is 0 Å². The van der Waals surface area contributed by atoms with Crippen LogP contribution in [-0.4, -0.2) is 49.8 Å². The average Bonchev–Trinajstić information content (AvgIpc) is 2.91. The Morgan fingerprint density at radius 1 is 0.875 bits per heavy atom. The zero-order chi connectivity index (χ0) is 29.5. The lowest BCUT2D eigenvalue weighted by Crippen LogP contribution is -2.56. The largest absolute Gasteiger partial charge is 0.350 e. The van der Waals surface area contributed by atoms with Gasteiger partial charge < -0.3 is 10.2 Å². The highest BCUT2D eigenvalue weighted by Gasteiger charge is 2.34. The number of nitrogens with one attached hydrogen (secondary N) is 1. The molecule has 0 aliphatic heterocycles. The maximum Gasteiger partial charge on any atom is 0.264 e. The van der Waals surface area contributed by atoms with E-state index in [0.717, 1.165) is 16.7 Å². The van der Waals surface area contributed by atoms with Gasteiger partial charge in [0, 0.05) is 12.1 Å². The monoisotopic (exact) mass is 563 g/mol. The van der Waals surface area contributed by atoms with Crippen molar-refractivity contribution in [3.63, 3.8) is 0 Å². The molecule has 0 radical (unpaired) electrons. The van der Waals surface area contributed by atoms with Crippen LogP contribution >= 0.6 is 0 Å². The Bertz CT molecular complexity index is 1400. The summed E-state index contributed by atoms with van der Waals surface area (Å²) in [4.78, 5) is 29.1. The summed E-state index contributed by atoms with van der Waals surface area (Å²) in [6.07, 6.45) is 0.915. The summed E-state index contributed by atoms with van der Waals surface area (Å²) in [5.74, 6) is -0.701. The van der Waals surface area contributed by atoms with Gasteiger partial charge in [0.25, 0.3) is 10.0 Å². The first-order valence-corrected chi connectivity index (χ1v) is 15.1.